The molecule has 1 aliphatic carbocycles. The van der Waals surface area contributed by atoms with Crippen molar-refractivity contribution in [3.63, 3.8) is 0 Å². The van der Waals surface area contributed by atoms with Gasteiger partial charge in [0.15, 0.2) is 0 Å². The molecule has 0 spiro atoms. The van der Waals surface area contributed by atoms with Crippen LogP contribution < -0.4 is 10.1 Å². The molecule has 3 aromatic rings. The Morgan fingerprint density at radius 1 is 1.17 bits per heavy atom. The number of hydrogen-bond donors (Lipinski definition) is 2. The van der Waals surface area contributed by atoms with Gasteiger partial charge in [-0.2, -0.15) is 0 Å². The number of rotatable bonds is 5. The second-order valence-corrected chi connectivity index (χ2v) is 6.33. The second kappa shape index (κ2) is 6.04. The SMILES string of the molecule is COc1ccc([C@H](NC(=O)c2cc3ccccc3[nH]2)C2CC2)cc1. The Morgan fingerprint density at radius 2 is 1.92 bits per heavy atom. The average Bonchev–Trinajstić information content (AvgIpc) is 3.37. The first kappa shape index (κ1) is 14.8. The van der Waals surface area contributed by atoms with E-state index in [0.29, 0.717) is 11.6 Å². The van der Waals surface area contributed by atoms with Crippen molar-refractivity contribution in [3.8, 4) is 5.75 Å². The summed E-state index contributed by atoms with van der Waals surface area (Å²) in [4.78, 5) is 15.9. The fourth-order valence-electron chi connectivity index (χ4n) is 3.13. The molecular weight excluding hydrogens is 300 g/mol. The maximum absolute atomic E-state index is 12.7. The molecule has 0 saturated heterocycles. The molecule has 2 N–H and O–H groups in total. The van der Waals surface area contributed by atoms with Gasteiger partial charge in [-0.25, -0.2) is 0 Å². The third kappa shape index (κ3) is 2.87. The van der Waals surface area contributed by atoms with Crippen molar-refractivity contribution in [2.75, 3.05) is 7.11 Å². The zero-order valence-electron chi connectivity index (χ0n) is 13.6. The van der Waals surface area contributed by atoms with Crippen LogP contribution in [0.5, 0.6) is 5.75 Å². The molecule has 1 fully saturated rings. The molecule has 1 aliphatic rings. The Morgan fingerprint density at radius 3 is 2.58 bits per heavy atom. The van der Waals surface area contributed by atoms with E-state index in [4.69, 9.17) is 4.74 Å². The molecule has 0 bridgehead atoms. The van der Waals surface area contributed by atoms with Crippen LogP contribution in [0, 0.1) is 5.92 Å². The largest absolute Gasteiger partial charge is 0.497 e. The number of aromatic amines is 1. The van der Waals surface area contributed by atoms with Gasteiger partial charge in [-0.05, 0) is 48.6 Å². The third-order valence-corrected chi connectivity index (χ3v) is 4.63. The van der Waals surface area contributed by atoms with Gasteiger partial charge in [-0.3, -0.25) is 4.79 Å². The average molecular weight is 320 g/mol. The maximum atomic E-state index is 12.7. The number of hydrogen-bond acceptors (Lipinski definition) is 2. The van der Waals surface area contributed by atoms with Crippen LogP contribution in [0.15, 0.2) is 54.6 Å². The highest BCUT2D eigenvalue weighted by atomic mass is 16.5. The summed E-state index contributed by atoms with van der Waals surface area (Å²) in [5.41, 5.74) is 2.72. The lowest BCUT2D eigenvalue weighted by atomic mass is 10.0. The summed E-state index contributed by atoms with van der Waals surface area (Å²) < 4.78 is 5.22. The van der Waals surface area contributed by atoms with Crippen LogP contribution in [0.1, 0.15) is 34.9 Å². The number of nitrogens with one attached hydrogen (secondary N) is 2. The predicted molar refractivity (Wildman–Crippen MR) is 94.2 cm³/mol. The van der Waals surface area contributed by atoms with E-state index in [9.17, 15) is 4.79 Å². The summed E-state index contributed by atoms with van der Waals surface area (Å²) in [7, 11) is 1.66. The van der Waals surface area contributed by atoms with E-state index in [2.05, 4.69) is 10.3 Å². The standard InChI is InChI=1S/C20H20N2O2/c1-24-16-10-8-14(9-11-16)19(13-6-7-13)22-20(23)18-12-15-4-2-3-5-17(15)21-18/h2-5,8-13,19,21H,6-7H2,1H3,(H,22,23)/t19-/m1/s1. The molecule has 0 aliphatic heterocycles. The second-order valence-electron chi connectivity index (χ2n) is 6.33. The van der Waals surface area contributed by atoms with Gasteiger partial charge in [-0.1, -0.05) is 30.3 Å². The van der Waals surface area contributed by atoms with Crippen LogP contribution in [0.3, 0.4) is 0 Å². The zero-order valence-corrected chi connectivity index (χ0v) is 13.6. The fraction of sp³-hybridized carbons (Fsp3) is 0.250. The number of H-pyrrole nitrogens is 1. The van der Waals surface area contributed by atoms with E-state index < -0.39 is 0 Å². The summed E-state index contributed by atoms with van der Waals surface area (Å²) in [5.74, 6) is 1.29. The van der Waals surface area contributed by atoms with Gasteiger partial charge in [0.2, 0.25) is 0 Å². The number of para-hydroxylation sites is 1. The van der Waals surface area contributed by atoms with Gasteiger partial charge in [-0.15, -0.1) is 0 Å². The zero-order chi connectivity index (χ0) is 16.5. The highest BCUT2D eigenvalue weighted by Gasteiger charge is 2.33. The lowest BCUT2D eigenvalue weighted by Crippen LogP contribution is -2.30. The molecule has 0 unspecified atom stereocenters. The number of carbonyl (C=O) groups is 1. The van der Waals surface area contributed by atoms with Gasteiger partial charge < -0.3 is 15.0 Å². The number of ether oxygens (including phenoxy) is 1. The van der Waals surface area contributed by atoms with E-state index >= 15 is 0 Å². The van der Waals surface area contributed by atoms with Crippen LogP contribution in [-0.4, -0.2) is 18.0 Å². The maximum Gasteiger partial charge on any atom is 0.268 e. The third-order valence-electron chi connectivity index (χ3n) is 4.63. The summed E-state index contributed by atoms with van der Waals surface area (Å²) in [6.45, 7) is 0. The molecule has 1 aromatic heterocycles. The minimum atomic E-state index is -0.0566. The van der Waals surface area contributed by atoms with E-state index in [1.165, 1.54) is 0 Å². The van der Waals surface area contributed by atoms with E-state index in [1.807, 2.05) is 54.6 Å². The number of methoxy groups -OCH3 is 1. The molecule has 1 heterocycles. The van der Waals surface area contributed by atoms with Crippen molar-refractivity contribution < 1.29 is 9.53 Å². The normalized spacial score (nSPS) is 15.2. The molecule has 4 rings (SSSR count). The molecule has 122 valence electrons. The number of amides is 1. The van der Waals surface area contributed by atoms with Gasteiger partial charge >= 0.3 is 0 Å². The van der Waals surface area contributed by atoms with Crippen LogP contribution in [0.25, 0.3) is 10.9 Å². The van der Waals surface area contributed by atoms with Crippen molar-refractivity contribution in [1.82, 2.24) is 10.3 Å². The molecule has 24 heavy (non-hydrogen) atoms. The first-order chi connectivity index (χ1) is 11.7. The van der Waals surface area contributed by atoms with Crippen molar-refractivity contribution >= 4 is 16.8 Å². The number of fused-ring (bicyclic) bond motifs is 1. The van der Waals surface area contributed by atoms with Crippen molar-refractivity contribution in [1.29, 1.82) is 0 Å². The summed E-state index contributed by atoms with van der Waals surface area (Å²) >= 11 is 0. The van der Waals surface area contributed by atoms with Crippen LogP contribution in [-0.2, 0) is 0 Å². The molecule has 1 atom stereocenters. The fourth-order valence-corrected chi connectivity index (χ4v) is 3.13. The summed E-state index contributed by atoms with van der Waals surface area (Å²) in [6.07, 6.45) is 2.31. The molecule has 4 heteroatoms. The molecular formula is C20H20N2O2. The van der Waals surface area contributed by atoms with E-state index in [0.717, 1.165) is 35.1 Å². The summed E-state index contributed by atoms with van der Waals surface area (Å²) in [5, 5.41) is 4.25. The predicted octanol–water partition coefficient (Wildman–Crippen LogP) is 4.06. The van der Waals surface area contributed by atoms with Crippen LogP contribution >= 0.6 is 0 Å². The van der Waals surface area contributed by atoms with Crippen LogP contribution in [0.4, 0.5) is 0 Å². The van der Waals surface area contributed by atoms with E-state index in [-0.39, 0.29) is 11.9 Å². The lowest BCUT2D eigenvalue weighted by molar-refractivity contribution is 0.0927. The number of benzene rings is 2. The number of carbonyl (C=O) groups excluding carboxylic acids is 1. The minimum absolute atomic E-state index is 0.0508. The lowest BCUT2D eigenvalue weighted by Gasteiger charge is -2.18. The summed E-state index contributed by atoms with van der Waals surface area (Å²) in [6, 6.07) is 17.8. The molecule has 1 amide bonds. The topological polar surface area (TPSA) is 54.1 Å². The Balaban J connectivity index is 1.56. The molecule has 0 radical (unpaired) electrons. The monoisotopic (exact) mass is 320 g/mol. The number of aromatic nitrogens is 1. The Bertz CT molecular complexity index is 830. The molecule has 4 nitrogen and oxygen atoms in total. The van der Waals surface area contributed by atoms with Gasteiger partial charge in [0.25, 0.3) is 5.91 Å². The van der Waals surface area contributed by atoms with Gasteiger partial charge in [0.05, 0.1) is 13.2 Å². The van der Waals surface area contributed by atoms with Crippen molar-refractivity contribution in [2.45, 2.75) is 18.9 Å². The van der Waals surface area contributed by atoms with Gasteiger partial charge in [0.1, 0.15) is 11.4 Å². The Labute approximate surface area is 140 Å². The van der Waals surface area contributed by atoms with Crippen molar-refractivity contribution in [2.24, 2.45) is 5.92 Å². The van der Waals surface area contributed by atoms with E-state index in [1.54, 1.807) is 7.11 Å². The van der Waals surface area contributed by atoms with Crippen LogP contribution in [0.2, 0.25) is 0 Å². The minimum Gasteiger partial charge on any atom is -0.497 e. The Kier molecular flexibility index (Phi) is 3.73. The highest BCUT2D eigenvalue weighted by Crippen LogP contribution is 2.41. The first-order valence-electron chi connectivity index (χ1n) is 8.27. The molecule has 2 aromatic carbocycles. The van der Waals surface area contributed by atoms with Crippen molar-refractivity contribution in [3.05, 3.63) is 65.9 Å². The smallest absolute Gasteiger partial charge is 0.268 e. The molecule has 1 saturated carbocycles. The highest BCUT2D eigenvalue weighted by molar-refractivity contribution is 5.98. The Hall–Kier alpha value is -2.75. The first-order valence-corrected chi connectivity index (χ1v) is 8.27. The van der Waals surface area contributed by atoms with Gasteiger partial charge in [0, 0.05) is 10.9 Å². The quantitative estimate of drug-likeness (QED) is 0.745.